The highest BCUT2D eigenvalue weighted by molar-refractivity contribution is 7.47. The van der Waals surface area contributed by atoms with Gasteiger partial charge in [-0.3, -0.25) is 13.8 Å². The predicted octanol–water partition coefficient (Wildman–Crippen LogP) is 8.24. The lowest BCUT2D eigenvalue weighted by Gasteiger charge is -2.20. The fraction of sp³-hybridized carbons (Fsp3) is 0.967. The van der Waals surface area contributed by atoms with Crippen molar-refractivity contribution >= 4 is 13.8 Å². The summed E-state index contributed by atoms with van der Waals surface area (Å²) in [7, 11) is -4.25. The highest BCUT2D eigenvalue weighted by Gasteiger charge is 2.25. The Kier molecular flexibility index (Phi) is 28.6. The van der Waals surface area contributed by atoms with Crippen molar-refractivity contribution in [1.29, 1.82) is 0 Å². The van der Waals surface area contributed by atoms with E-state index in [1.165, 1.54) is 96.3 Å². The number of nitrogens with two attached hydrogens (primary N) is 1. The number of phosphoric ester groups is 1. The molecule has 0 spiro atoms. The molecule has 0 heterocycles. The van der Waals surface area contributed by atoms with Crippen molar-refractivity contribution in [2.45, 2.75) is 155 Å². The van der Waals surface area contributed by atoms with Crippen LogP contribution in [0.15, 0.2) is 0 Å². The van der Waals surface area contributed by atoms with Gasteiger partial charge >= 0.3 is 13.8 Å². The lowest BCUT2D eigenvalue weighted by molar-refractivity contribution is -0.154. The van der Waals surface area contributed by atoms with Crippen molar-refractivity contribution in [3.8, 4) is 0 Å². The van der Waals surface area contributed by atoms with E-state index in [4.69, 9.17) is 24.3 Å². The van der Waals surface area contributed by atoms with Gasteiger partial charge in [-0.25, -0.2) is 4.57 Å². The van der Waals surface area contributed by atoms with Crippen molar-refractivity contribution in [1.82, 2.24) is 0 Å². The quantitative estimate of drug-likeness (QED) is 0.0479. The van der Waals surface area contributed by atoms with Crippen LogP contribution in [0.5, 0.6) is 0 Å². The SMILES string of the molecule is CCCCCCCCCCCCCC(=O)OC(COCCCCCCCCCCC)COP(=O)(O)OCCN. The Morgan fingerprint density at radius 1 is 0.667 bits per heavy atom. The summed E-state index contributed by atoms with van der Waals surface area (Å²) in [5.41, 5.74) is 5.32. The standard InChI is InChI=1S/C30H62NO7P/c1-3-5-7-9-11-13-14-15-17-19-21-23-30(32)38-29(28-37-39(33,34)36-26-24-31)27-35-25-22-20-18-16-12-10-8-6-4-2/h29H,3-28,31H2,1-2H3,(H,33,34). The molecule has 0 fully saturated rings. The number of rotatable bonds is 31. The largest absolute Gasteiger partial charge is 0.472 e. The van der Waals surface area contributed by atoms with Gasteiger partial charge in [-0.2, -0.15) is 0 Å². The van der Waals surface area contributed by atoms with Crippen LogP contribution < -0.4 is 5.73 Å². The number of carbonyl (C=O) groups excluding carboxylic acids is 1. The van der Waals surface area contributed by atoms with Crippen LogP contribution in [0.1, 0.15) is 149 Å². The topological polar surface area (TPSA) is 117 Å². The van der Waals surface area contributed by atoms with E-state index >= 15 is 0 Å². The molecule has 234 valence electrons. The summed E-state index contributed by atoms with van der Waals surface area (Å²) in [5.74, 6) is -0.332. The third-order valence-electron chi connectivity index (χ3n) is 6.77. The van der Waals surface area contributed by atoms with Gasteiger partial charge < -0.3 is 20.1 Å². The summed E-state index contributed by atoms with van der Waals surface area (Å²) in [6.45, 7) is 4.90. The minimum absolute atomic E-state index is 0.0911. The van der Waals surface area contributed by atoms with E-state index in [0.29, 0.717) is 13.0 Å². The van der Waals surface area contributed by atoms with E-state index in [0.717, 1.165) is 32.1 Å². The minimum Gasteiger partial charge on any atom is -0.457 e. The molecule has 0 aromatic heterocycles. The molecule has 3 N–H and O–H groups in total. The van der Waals surface area contributed by atoms with Crippen LogP contribution in [0.2, 0.25) is 0 Å². The van der Waals surface area contributed by atoms with Gasteiger partial charge in [-0.1, -0.05) is 129 Å². The number of unbranched alkanes of at least 4 members (excludes halogenated alkanes) is 18. The fourth-order valence-corrected chi connectivity index (χ4v) is 5.17. The molecule has 0 aromatic carbocycles. The Hall–Kier alpha value is -0.500. The first-order valence-electron chi connectivity index (χ1n) is 16.0. The highest BCUT2D eigenvalue weighted by atomic mass is 31.2. The summed E-state index contributed by atoms with van der Waals surface area (Å²) in [6.07, 6.45) is 23.9. The van der Waals surface area contributed by atoms with Crippen LogP contribution >= 0.6 is 7.82 Å². The van der Waals surface area contributed by atoms with Crippen LogP contribution in [-0.2, 0) is 27.9 Å². The van der Waals surface area contributed by atoms with Crippen molar-refractivity contribution in [3.05, 3.63) is 0 Å². The maximum absolute atomic E-state index is 12.4. The molecular weight excluding hydrogens is 517 g/mol. The smallest absolute Gasteiger partial charge is 0.457 e. The average molecular weight is 580 g/mol. The average Bonchev–Trinajstić information content (AvgIpc) is 2.92. The van der Waals surface area contributed by atoms with Crippen molar-refractivity contribution in [3.63, 3.8) is 0 Å². The third-order valence-corrected chi connectivity index (χ3v) is 7.76. The molecule has 2 unspecified atom stereocenters. The molecule has 0 aliphatic rings. The summed E-state index contributed by atoms with van der Waals surface area (Å²) in [5, 5.41) is 0. The Bertz CT molecular complexity index is 580. The van der Waals surface area contributed by atoms with E-state index in [1.54, 1.807) is 0 Å². The van der Waals surface area contributed by atoms with Gasteiger partial charge in [0.05, 0.1) is 19.8 Å². The van der Waals surface area contributed by atoms with E-state index in [-0.39, 0.29) is 32.3 Å². The summed E-state index contributed by atoms with van der Waals surface area (Å²) < 4.78 is 33.0. The number of esters is 1. The van der Waals surface area contributed by atoms with Gasteiger partial charge in [-0.15, -0.1) is 0 Å². The second kappa shape index (κ2) is 29.0. The first kappa shape index (κ1) is 38.5. The van der Waals surface area contributed by atoms with E-state index < -0.39 is 13.9 Å². The maximum Gasteiger partial charge on any atom is 0.472 e. The lowest BCUT2D eigenvalue weighted by atomic mass is 10.1. The molecule has 0 saturated carbocycles. The number of carbonyl (C=O) groups is 1. The van der Waals surface area contributed by atoms with Crippen LogP contribution in [0, 0.1) is 0 Å². The molecule has 9 heteroatoms. The second-order valence-electron chi connectivity index (χ2n) is 10.7. The van der Waals surface area contributed by atoms with Gasteiger partial charge in [-0.05, 0) is 12.8 Å². The Morgan fingerprint density at radius 3 is 1.62 bits per heavy atom. The van der Waals surface area contributed by atoms with Gasteiger partial charge in [0.1, 0.15) is 6.10 Å². The number of ether oxygens (including phenoxy) is 2. The first-order valence-corrected chi connectivity index (χ1v) is 17.5. The molecule has 0 aliphatic heterocycles. The molecule has 39 heavy (non-hydrogen) atoms. The molecule has 0 saturated heterocycles. The van der Waals surface area contributed by atoms with Crippen LogP contribution in [0.4, 0.5) is 0 Å². The van der Waals surface area contributed by atoms with Gasteiger partial charge in [0.2, 0.25) is 0 Å². The van der Waals surface area contributed by atoms with E-state index in [9.17, 15) is 14.3 Å². The van der Waals surface area contributed by atoms with Gasteiger partial charge in [0.25, 0.3) is 0 Å². The molecule has 0 aliphatic carbocycles. The van der Waals surface area contributed by atoms with Gasteiger partial charge in [0, 0.05) is 19.6 Å². The van der Waals surface area contributed by atoms with Crippen molar-refractivity contribution < 1.29 is 32.8 Å². The maximum atomic E-state index is 12.4. The fourth-order valence-electron chi connectivity index (χ4n) is 4.41. The monoisotopic (exact) mass is 579 g/mol. The summed E-state index contributed by atoms with van der Waals surface area (Å²) >= 11 is 0. The zero-order chi connectivity index (χ0) is 28.9. The van der Waals surface area contributed by atoms with Crippen LogP contribution in [0.3, 0.4) is 0 Å². The second-order valence-corrected chi connectivity index (χ2v) is 12.1. The zero-order valence-electron chi connectivity index (χ0n) is 25.4. The minimum atomic E-state index is -4.25. The lowest BCUT2D eigenvalue weighted by Crippen LogP contribution is -2.28. The van der Waals surface area contributed by atoms with Crippen molar-refractivity contribution in [2.24, 2.45) is 5.73 Å². The number of phosphoric acid groups is 1. The molecule has 0 rings (SSSR count). The number of hydrogen-bond acceptors (Lipinski definition) is 7. The molecule has 0 amide bonds. The summed E-state index contributed by atoms with van der Waals surface area (Å²) in [4.78, 5) is 22.2. The Labute approximate surface area is 240 Å². The molecule has 0 bridgehead atoms. The Balaban J connectivity index is 4.15. The summed E-state index contributed by atoms with van der Waals surface area (Å²) in [6, 6.07) is 0. The molecule has 2 atom stereocenters. The highest BCUT2D eigenvalue weighted by Crippen LogP contribution is 2.43. The van der Waals surface area contributed by atoms with Gasteiger partial charge in [0.15, 0.2) is 0 Å². The molecule has 8 nitrogen and oxygen atoms in total. The Morgan fingerprint density at radius 2 is 1.13 bits per heavy atom. The zero-order valence-corrected chi connectivity index (χ0v) is 26.3. The molecular formula is C30H62NO7P. The van der Waals surface area contributed by atoms with Crippen LogP contribution in [-0.4, -0.2) is 49.9 Å². The first-order chi connectivity index (χ1) is 18.9. The normalized spacial score (nSPS) is 13.8. The van der Waals surface area contributed by atoms with Crippen molar-refractivity contribution in [2.75, 3.05) is 33.0 Å². The molecule has 0 aromatic rings. The van der Waals surface area contributed by atoms with E-state index in [1.807, 2.05) is 0 Å². The predicted molar refractivity (Wildman–Crippen MR) is 160 cm³/mol. The number of hydrogen-bond donors (Lipinski definition) is 2. The molecule has 0 radical (unpaired) electrons. The van der Waals surface area contributed by atoms with E-state index in [2.05, 4.69) is 13.8 Å². The van der Waals surface area contributed by atoms with Crippen LogP contribution in [0.25, 0.3) is 0 Å². The third kappa shape index (κ3) is 28.8.